The lowest BCUT2D eigenvalue weighted by Gasteiger charge is -2.60. The van der Waals surface area contributed by atoms with Crippen LogP contribution < -0.4 is 0 Å². The van der Waals surface area contributed by atoms with E-state index in [1.54, 1.807) is 0 Å². The Balaban J connectivity index is 2.18. The highest BCUT2D eigenvalue weighted by atomic mass is 16.5. The summed E-state index contributed by atoms with van der Waals surface area (Å²) in [5.41, 5.74) is 0.140. The molecule has 3 aliphatic rings. The van der Waals surface area contributed by atoms with Gasteiger partial charge in [0.25, 0.3) is 0 Å². The number of allylic oxidation sites excluding steroid dienone is 2. The molecule has 0 N–H and O–H groups in total. The van der Waals surface area contributed by atoms with Crippen molar-refractivity contribution in [3.63, 3.8) is 0 Å². The lowest BCUT2D eigenvalue weighted by atomic mass is 9.45. The lowest BCUT2D eigenvalue weighted by molar-refractivity contribution is -0.165. The smallest absolute Gasteiger partial charge is 0.303 e. The molecule has 172 valence electrons. The Morgan fingerprint density at radius 3 is 2.35 bits per heavy atom. The van der Waals surface area contributed by atoms with Gasteiger partial charge in [-0.25, -0.2) is 0 Å². The SMILES string of the molecule is COC1=CC(=O)C(OC)=C(C(OC(C)=O)[C@H]2[C@@H](C)CC[C@H]3C(C)(C)CCC[C@]23C)C1=O. The molecular formula is C25H36O6. The molecule has 0 bridgehead atoms. The molecule has 31 heavy (non-hydrogen) atoms. The maximum Gasteiger partial charge on any atom is 0.303 e. The van der Waals surface area contributed by atoms with Crippen LogP contribution in [-0.2, 0) is 28.6 Å². The number of hydrogen-bond acceptors (Lipinski definition) is 6. The van der Waals surface area contributed by atoms with E-state index in [1.165, 1.54) is 21.1 Å². The van der Waals surface area contributed by atoms with Crippen molar-refractivity contribution in [2.24, 2.45) is 28.6 Å². The molecule has 6 nitrogen and oxygen atoms in total. The summed E-state index contributed by atoms with van der Waals surface area (Å²) in [6, 6.07) is 0. The van der Waals surface area contributed by atoms with E-state index in [1.807, 2.05) is 0 Å². The first-order valence-corrected chi connectivity index (χ1v) is 11.3. The Bertz CT molecular complexity index is 835. The highest BCUT2D eigenvalue weighted by Gasteiger charge is 2.58. The third kappa shape index (κ3) is 3.94. The molecule has 0 aromatic heterocycles. The summed E-state index contributed by atoms with van der Waals surface area (Å²) in [6.45, 7) is 10.4. The Labute approximate surface area is 185 Å². The number of fused-ring (bicyclic) bond motifs is 1. The number of ketones is 2. The normalized spacial score (nSPS) is 33.9. The second kappa shape index (κ2) is 8.44. The first kappa shape index (κ1) is 23.6. The van der Waals surface area contributed by atoms with Gasteiger partial charge in [-0.2, -0.15) is 0 Å². The number of carbonyl (C=O) groups is 3. The summed E-state index contributed by atoms with van der Waals surface area (Å²) in [7, 11) is 2.73. The van der Waals surface area contributed by atoms with E-state index in [2.05, 4.69) is 27.7 Å². The van der Waals surface area contributed by atoms with Crippen LogP contribution >= 0.6 is 0 Å². The molecule has 3 rings (SSSR count). The molecule has 0 spiro atoms. The van der Waals surface area contributed by atoms with Gasteiger partial charge in [0.15, 0.2) is 11.5 Å². The van der Waals surface area contributed by atoms with Gasteiger partial charge in [0.2, 0.25) is 11.6 Å². The van der Waals surface area contributed by atoms with Crippen LogP contribution in [0.25, 0.3) is 0 Å². The van der Waals surface area contributed by atoms with Crippen molar-refractivity contribution in [1.29, 1.82) is 0 Å². The summed E-state index contributed by atoms with van der Waals surface area (Å²) in [4.78, 5) is 38.3. The minimum absolute atomic E-state index is 0.0490. The van der Waals surface area contributed by atoms with Crippen LogP contribution in [0.5, 0.6) is 0 Å². The summed E-state index contributed by atoms with van der Waals surface area (Å²) in [6.07, 6.45) is 5.62. The number of carbonyl (C=O) groups excluding carboxylic acids is 3. The van der Waals surface area contributed by atoms with Crippen LogP contribution in [0, 0.1) is 28.6 Å². The molecule has 6 heteroatoms. The summed E-state index contributed by atoms with van der Waals surface area (Å²) in [5.74, 6) is -0.926. The largest absolute Gasteiger partial charge is 0.492 e. The molecule has 0 heterocycles. The molecule has 0 aromatic carbocycles. The second-order valence-electron chi connectivity index (χ2n) is 10.4. The van der Waals surface area contributed by atoms with Crippen molar-refractivity contribution in [1.82, 2.24) is 0 Å². The van der Waals surface area contributed by atoms with Gasteiger partial charge in [-0.1, -0.05) is 34.1 Å². The van der Waals surface area contributed by atoms with Crippen LogP contribution in [0.4, 0.5) is 0 Å². The summed E-state index contributed by atoms with van der Waals surface area (Å²) in [5, 5.41) is 0. The van der Waals surface area contributed by atoms with Crippen molar-refractivity contribution >= 4 is 17.5 Å². The van der Waals surface area contributed by atoms with Crippen LogP contribution in [-0.4, -0.2) is 37.9 Å². The molecule has 1 unspecified atom stereocenters. The standard InChI is InChI=1S/C25H36O6/c1-14-9-10-18-24(3,4)11-8-12-25(18,5)20(14)23(31-15(2)26)19-21(28)17(29-6)13-16(27)22(19)30-7/h13-14,18,20,23H,8-12H2,1-7H3/t14-,18-,20+,23?,25-/m0/s1. The zero-order chi connectivity index (χ0) is 23.1. The van der Waals surface area contributed by atoms with Crippen molar-refractivity contribution in [3.8, 4) is 0 Å². The maximum absolute atomic E-state index is 13.4. The Morgan fingerprint density at radius 2 is 1.77 bits per heavy atom. The van der Waals surface area contributed by atoms with Gasteiger partial charge in [0, 0.05) is 18.9 Å². The Morgan fingerprint density at radius 1 is 1.10 bits per heavy atom. The number of esters is 1. The number of methoxy groups -OCH3 is 2. The van der Waals surface area contributed by atoms with Crippen molar-refractivity contribution in [3.05, 3.63) is 23.2 Å². The van der Waals surface area contributed by atoms with Crippen molar-refractivity contribution in [2.45, 2.75) is 72.8 Å². The molecule has 0 radical (unpaired) electrons. The van der Waals surface area contributed by atoms with Gasteiger partial charge in [-0.3, -0.25) is 14.4 Å². The average Bonchev–Trinajstić information content (AvgIpc) is 2.66. The molecule has 5 atom stereocenters. The third-order valence-electron chi connectivity index (χ3n) is 8.09. The van der Waals surface area contributed by atoms with E-state index < -0.39 is 23.6 Å². The molecule has 2 fully saturated rings. The number of hydrogen-bond donors (Lipinski definition) is 0. The molecule has 3 aliphatic carbocycles. The molecule has 2 saturated carbocycles. The van der Waals surface area contributed by atoms with Gasteiger partial charge in [-0.15, -0.1) is 0 Å². The minimum atomic E-state index is -0.862. The third-order valence-corrected chi connectivity index (χ3v) is 8.09. The van der Waals surface area contributed by atoms with E-state index in [0.717, 1.165) is 38.2 Å². The van der Waals surface area contributed by atoms with E-state index in [-0.39, 0.29) is 39.8 Å². The predicted octanol–water partition coefficient (Wildman–Crippen LogP) is 4.38. The first-order valence-electron chi connectivity index (χ1n) is 11.3. The second-order valence-corrected chi connectivity index (χ2v) is 10.4. The topological polar surface area (TPSA) is 78.9 Å². The fraction of sp³-hybridized carbons (Fsp3) is 0.720. The fourth-order valence-electron chi connectivity index (χ4n) is 6.92. The highest BCUT2D eigenvalue weighted by Crippen LogP contribution is 2.62. The molecule has 0 saturated heterocycles. The number of ether oxygens (including phenoxy) is 3. The van der Waals surface area contributed by atoms with E-state index >= 15 is 0 Å². The van der Waals surface area contributed by atoms with E-state index in [0.29, 0.717) is 5.92 Å². The van der Waals surface area contributed by atoms with Gasteiger partial charge in [-0.05, 0) is 48.3 Å². The highest BCUT2D eigenvalue weighted by molar-refractivity contribution is 6.21. The lowest BCUT2D eigenvalue weighted by Crippen LogP contribution is -2.56. The van der Waals surface area contributed by atoms with E-state index in [9.17, 15) is 14.4 Å². The van der Waals surface area contributed by atoms with Crippen molar-refractivity contribution < 1.29 is 28.6 Å². The van der Waals surface area contributed by atoms with E-state index in [4.69, 9.17) is 14.2 Å². The molecule has 0 aromatic rings. The maximum atomic E-state index is 13.4. The van der Waals surface area contributed by atoms with Crippen LogP contribution in [0.2, 0.25) is 0 Å². The summed E-state index contributed by atoms with van der Waals surface area (Å²) >= 11 is 0. The molecule has 0 aliphatic heterocycles. The zero-order valence-corrected chi connectivity index (χ0v) is 19.9. The average molecular weight is 433 g/mol. The summed E-state index contributed by atoms with van der Waals surface area (Å²) < 4.78 is 16.5. The molecule has 0 amide bonds. The zero-order valence-electron chi connectivity index (χ0n) is 19.9. The van der Waals surface area contributed by atoms with Crippen LogP contribution in [0.15, 0.2) is 23.2 Å². The molecular weight excluding hydrogens is 396 g/mol. The Hall–Kier alpha value is -2.11. The minimum Gasteiger partial charge on any atom is -0.492 e. The van der Waals surface area contributed by atoms with Crippen molar-refractivity contribution in [2.75, 3.05) is 14.2 Å². The van der Waals surface area contributed by atoms with Gasteiger partial charge in [0.1, 0.15) is 6.10 Å². The fourth-order valence-corrected chi connectivity index (χ4v) is 6.92. The predicted molar refractivity (Wildman–Crippen MR) is 116 cm³/mol. The van der Waals surface area contributed by atoms with Gasteiger partial charge >= 0.3 is 5.97 Å². The Kier molecular flexibility index (Phi) is 6.41. The van der Waals surface area contributed by atoms with Crippen LogP contribution in [0.1, 0.15) is 66.7 Å². The van der Waals surface area contributed by atoms with Crippen LogP contribution in [0.3, 0.4) is 0 Å². The number of Topliss-reactive ketones (excluding diaryl/α,β-unsaturated/α-hetero) is 1. The monoisotopic (exact) mass is 432 g/mol. The van der Waals surface area contributed by atoms with Gasteiger partial charge in [0.05, 0.1) is 19.8 Å². The number of rotatable bonds is 5. The quantitative estimate of drug-likeness (QED) is 0.474. The first-order chi connectivity index (χ1) is 14.5. The van der Waals surface area contributed by atoms with Gasteiger partial charge < -0.3 is 14.2 Å².